The molecule has 0 aliphatic heterocycles. The summed E-state index contributed by atoms with van der Waals surface area (Å²) >= 11 is 0. The second-order valence-electron chi connectivity index (χ2n) is 28.7. The van der Waals surface area contributed by atoms with Crippen molar-refractivity contribution in [1.82, 2.24) is 0 Å². The van der Waals surface area contributed by atoms with Crippen molar-refractivity contribution >= 4 is 316 Å². The van der Waals surface area contributed by atoms with Crippen LogP contribution in [0.25, 0.3) is 0 Å². The quantitative estimate of drug-likeness (QED) is 0.0771. The topological polar surface area (TPSA) is 52.0 Å². The highest BCUT2D eigenvalue weighted by Crippen LogP contribution is 2.47. The van der Waals surface area contributed by atoms with Crippen LogP contribution in [-0.4, -0.2) is 304 Å². The highest BCUT2D eigenvalue weighted by Gasteiger charge is 2.60. The number of hydrogen-bond acceptors (Lipinski definition) is 2. The lowest BCUT2D eigenvalue weighted by Gasteiger charge is -2.56. The maximum atomic E-state index is 6.14. The van der Waals surface area contributed by atoms with Crippen molar-refractivity contribution in [2.24, 2.45) is 11.8 Å². The van der Waals surface area contributed by atoms with Crippen molar-refractivity contribution in [3.05, 3.63) is 59.2 Å². The first-order valence-corrected chi connectivity index (χ1v) is 30.4. The monoisotopic (exact) mass is 879 g/mol. The molecule has 0 radical (unpaired) electrons. The van der Waals surface area contributed by atoms with Crippen molar-refractivity contribution < 1.29 is 0 Å². The van der Waals surface area contributed by atoms with Crippen molar-refractivity contribution in [1.29, 1.82) is 0 Å². The zero-order valence-corrected chi connectivity index (χ0v) is 50.5. The number of nitrogen functional groups attached to an aromatic ring is 2. The maximum Gasteiger partial charge on any atom is 0.0552 e. The minimum Gasteiger partial charge on any atom is -0.399 e. The summed E-state index contributed by atoms with van der Waals surface area (Å²) in [4.78, 5) is 0. The number of rotatable bonds is 25. The lowest BCUT2D eigenvalue weighted by atomic mass is 8.29. The predicted molar refractivity (Wildman–Crippen MR) is 424 cm³/mol. The van der Waals surface area contributed by atoms with Gasteiger partial charge < -0.3 is 11.5 Å². The Hall–Kier alpha value is 0.832. The number of benzene rings is 2. The normalized spacial score (nSPS) is 17.3. The summed E-state index contributed by atoms with van der Waals surface area (Å²) in [6.07, 6.45) is 25.7. The smallest absolute Gasteiger partial charge is 0.0552 e. The van der Waals surface area contributed by atoms with Crippen LogP contribution in [0.5, 0.6) is 0 Å². The number of nitrogens with two attached hydrogens (primary N) is 2. The molecule has 2 fully saturated rings. The highest BCUT2D eigenvalue weighted by atomic mass is 14.6. The first-order valence-electron chi connectivity index (χ1n) is 30.4. The van der Waals surface area contributed by atoms with Crippen LogP contribution < -0.4 is 11.5 Å². The van der Waals surface area contributed by atoms with Crippen LogP contribution in [0.3, 0.4) is 0 Å². The third-order valence-corrected chi connectivity index (χ3v) is 20.2. The van der Waals surface area contributed by atoms with E-state index in [-0.39, 0.29) is 0 Å². The molecule has 45 heteroatoms. The van der Waals surface area contributed by atoms with E-state index in [1.807, 2.05) is 6.07 Å². The van der Waals surface area contributed by atoms with Crippen molar-refractivity contribution in [2.45, 2.75) is 69.5 Å². The van der Waals surface area contributed by atoms with Gasteiger partial charge >= 0.3 is 0 Å². The first kappa shape index (κ1) is 63.4. The Morgan fingerprint density at radius 1 is 0.329 bits per heavy atom. The maximum absolute atomic E-state index is 6.14. The van der Waals surface area contributed by atoms with Crippen LogP contribution >= 0.6 is 0 Å². The molecule has 2 saturated carbocycles. The molecule has 0 saturated heterocycles. The molecule has 4 N–H and O–H groups in total. The minimum absolute atomic E-state index is 0.642. The molecule has 316 valence electrons. The molecule has 4 rings (SSSR count). The van der Waals surface area contributed by atoms with Gasteiger partial charge in [-0.1, -0.05) is 55.8 Å². The highest BCUT2D eigenvalue weighted by molar-refractivity contribution is 8.30. The zero-order chi connectivity index (χ0) is 52.6. The molecule has 70 heavy (non-hydrogen) atoms. The molecule has 2 nitrogen and oxygen atoms in total. The van der Waals surface area contributed by atoms with Gasteiger partial charge in [-0.2, -0.15) is 0 Å². The zero-order valence-electron chi connectivity index (χ0n) is 50.5. The molecule has 2 aromatic rings. The van der Waals surface area contributed by atoms with Crippen LogP contribution in [0.1, 0.15) is 74.0 Å². The lowest BCUT2D eigenvalue weighted by molar-refractivity contribution is 0.186. The summed E-state index contributed by atoms with van der Waals surface area (Å²) in [6.45, 7) is 0.721. The molecule has 2 aliphatic carbocycles. The van der Waals surface area contributed by atoms with Gasteiger partial charge in [0.25, 0.3) is 0 Å². The van der Waals surface area contributed by atoms with E-state index in [4.69, 9.17) is 11.5 Å². The van der Waals surface area contributed by atoms with E-state index in [2.05, 4.69) is 207 Å². The van der Waals surface area contributed by atoms with Crippen LogP contribution in [0, 0.1) is 11.8 Å². The van der Waals surface area contributed by atoms with Crippen molar-refractivity contribution in [2.75, 3.05) is 11.5 Å². The standard InChI is InChI=1S/C25H77B43N2/c26-49(27)62(50(28)29)60(63(51(30)31)52(32)33)48(61(67(59(46)47)64(53(34)35)54(36)37)68(65(55(38)39)56(40)41)66(57(42)43)58(44)45)23-11-9-22(10-12-23)21-7-5-20(6-8-21)19-3-1-17(2-4-19)13-18-14-24(69)16-25(70)15-18/h1-4,14-16,20-23H,5-13,26-47,69-70H2. The summed E-state index contributed by atoms with van der Waals surface area (Å²) in [6, 6.07) is 15.6. The van der Waals surface area contributed by atoms with Gasteiger partial charge in [-0.15, -0.1) is 0 Å². The summed E-state index contributed by atoms with van der Waals surface area (Å²) in [5, 5.41) is 0. The summed E-state index contributed by atoms with van der Waals surface area (Å²) in [5.74, 6) is 3.24. The van der Waals surface area contributed by atoms with Crippen LogP contribution in [0.15, 0.2) is 42.5 Å². The van der Waals surface area contributed by atoms with Gasteiger partial charge in [-0.3, -0.25) is 0 Å². The average Bonchev–Trinajstić information content (AvgIpc) is 3.23. The van der Waals surface area contributed by atoms with Gasteiger partial charge in [0.1, 0.15) is 0 Å². The molecule has 0 amide bonds. The van der Waals surface area contributed by atoms with E-state index in [0.717, 1.165) is 41.9 Å². The molecule has 0 bridgehead atoms. The molecular formula is C25H77B43N2. The summed E-state index contributed by atoms with van der Waals surface area (Å²) < 4.78 is 0. The molecule has 0 spiro atoms. The minimum atomic E-state index is 0.642. The Morgan fingerprint density at radius 3 is 0.971 bits per heavy atom. The average molecular weight is 871 g/mol. The van der Waals surface area contributed by atoms with Crippen molar-refractivity contribution in [3.63, 3.8) is 0 Å². The number of hydrogen-bond donors (Lipinski definition) is 2. The Kier molecular flexibility index (Phi) is 26.2. The van der Waals surface area contributed by atoms with Gasteiger partial charge in [0.15, 0.2) is 0 Å². The van der Waals surface area contributed by atoms with E-state index in [1.165, 1.54) is 62.5 Å². The predicted octanol–water partition coefficient (Wildman–Crippen LogP) is -21.9. The largest absolute Gasteiger partial charge is 0.399 e. The summed E-state index contributed by atoms with van der Waals surface area (Å²) in [5.41, 5.74) is 17.9. The molecule has 0 unspecified atom stereocenters. The second-order valence-corrected chi connectivity index (χ2v) is 28.7. The van der Waals surface area contributed by atoms with E-state index in [0.29, 0.717) is 134 Å². The Balaban J connectivity index is 1.86. The fourth-order valence-electron chi connectivity index (χ4n) is 18.5. The van der Waals surface area contributed by atoms with Gasteiger partial charge in [0.05, 0.1) is 170 Å². The fourth-order valence-corrected chi connectivity index (χ4v) is 18.5. The van der Waals surface area contributed by atoms with E-state index >= 15 is 0 Å². The van der Waals surface area contributed by atoms with E-state index in [9.17, 15) is 0 Å². The van der Waals surface area contributed by atoms with Gasteiger partial charge in [-0.05, 0) is 84.7 Å². The van der Waals surface area contributed by atoms with Crippen LogP contribution in [0.4, 0.5) is 11.4 Å². The molecule has 0 atom stereocenters. The Labute approximate surface area is 464 Å². The molecule has 2 aromatic carbocycles. The summed E-state index contributed by atoms with van der Waals surface area (Å²) in [7, 11) is 58.1. The lowest BCUT2D eigenvalue weighted by Crippen LogP contribution is -2.92. The van der Waals surface area contributed by atoms with Gasteiger partial charge in [-0.25, -0.2) is 0 Å². The Bertz CT molecular complexity index is 1720. The second kappa shape index (κ2) is 29.0. The SMILES string of the molecule is BB(B)B(B(B)B)B(B(B)B)B(B(B(B(B)B)B(B)B)B(B(B)B)B(B)B)B(B(B(B(B)B)B(B)B)B(B(B)B)B(B)B)C1CCC(C2CCC(c3ccc(Cc4cc(N)cc(N)c4)cc3)CC2)CC1. The Morgan fingerprint density at radius 2 is 0.629 bits per heavy atom. The van der Waals surface area contributed by atoms with Crippen LogP contribution in [0.2, 0.25) is 5.82 Å². The molecular weight excluding hydrogens is 793 g/mol. The fraction of sp³-hybridized carbons (Fsp3) is 0.520. The first-order chi connectivity index (χ1) is 32.7. The number of anilines is 2. The third-order valence-electron chi connectivity index (χ3n) is 20.2. The van der Waals surface area contributed by atoms with Crippen molar-refractivity contribution in [3.8, 4) is 0 Å². The van der Waals surface area contributed by atoms with E-state index < -0.39 is 0 Å². The molecule has 0 aromatic heterocycles. The molecule has 0 heterocycles. The van der Waals surface area contributed by atoms with Gasteiger partial charge in [0.2, 0.25) is 0 Å². The van der Waals surface area contributed by atoms with Crippen LogP contribution in [-0.2, 0) is 6.42 Å². The third kappa shape index (κ3) is 16.4. The van der Waals surface area contributed by atoms with Gasteiger partial charge in [0, 0.05) is 146 Å². The van der Waals surface area contributed by atoms with E-state index in [1.54, 1.807) is 5.56 Å². The molecule has 2 aliphatic rings.